The van der Waals surface area contributed by atoms with Gasteiger partial charge in [0.1, 0.15) is 6.04 Å². The van der Waals surface area contributed by atoms with Crippen LogP contribution in [0.1, 0.15) is 55.9 Å². The standard InChI is InChI=1S/C15H23N3O6S/c1-2-24-15(21)12-9-13(17-16-12)25(22,23)18-11(14(19)20)8-10-6-4-3-5-7-10/h9-11,18H,2-8H2,1H3,(H,16,17)(H,19,20). The number of aromatic nitrogens is 2. The van der Waals surface area contributed by atoms with Crippen LogP contribution in [0.5, 0.6) is 0 Å². The lowest BCUT2D eigenvalue weighted by molar-refractivity contribution is -0.139. The summed E-state index contributed by atoms with van der Waals surface area (Å²) < 4.78 is 31.7. The van der Waals surface area contributed by atoms with Crippen molar-refractivity contribution >= 4 is 22.0 Å². The Hall–Kier alpha value is -1.94. The van der Waals surface area contributed by atoms with Crippen molar-refractivity contribution < 1.29 is 27.9 Å². The predicted molar refractivity (Wildman–Crippen MR) is 87.5 cm³/mol. The number of hydrogen-bond donors (Lipinski definition) is 3. The molecule has 0 bridgehead atoms. The minimum Gasteiger partial charge on any atom is -0.480 e. The summed E-state index contributed by atoms with van der Waals surface area (Å²) in [5.74, 6) is -1.79. The molecule has 0 amide bonds. The number of sulfonamides is 1. The zero-order valence-electron chi connectivity index (χ0n) is 14.0. The number of carbonyl (C=O) groups excluding carboxylic acids is 1. The monoisotopic (exact) mass is 373 g/mol. The van der Waals surface area contributed by atoms with Gasteiger partial charge in [0.2, 0.25) is 0 Å². The van der Waals surface area contributed by atoms with Crippen LogP contribution >= 0.6 is 0 Å². The molecule has 0 aliphatic heterocycles. The Morgan fingerprint density at radius 3 is 2.68 bits per heavy atom. The van der Waals surface area contributed by atoms with Crippen molar-refractivity contribution in [2.45, 2.75) is 56.5 Å². The third-order valence-corrected chi connectivity index (χ3v) is 5.60. The van der Waals surface area contributed by atoms with Crippen molar-refractivity contribution in [3.05, 3.63) is 11.8 Å². The van der Waals surface area contributed by atoms with E-state index in [9.17, 15) is 23.1 Å². The van der Waals surface area contributed by atoms with E-state index in [2.05, 4.69) is 14.9 Å². The maximum absolute atomic E-state index is 12.4. The van der Waals surface area contributed by atoms with E-state index in [1.165, 1.54) is 0 Å². The van der Waals surface area contributed by atoms with Crippen molar-refractivity contribution in [2.24, 2.45) is 5.92 Å². The topological polar surface area (TPSA) is 138 Å². The van der Waals surface area contributed by atoms with E-state index >= 15 is 0 Å². The molecule has 0 aromatic carbocycles. The van der Waals surface area contributed by atoms with Crippen LogP contribution in [-0.4, -0.2) is 48.3 Å². The van der Waals surface area contributed by atoms with Crippen LogP contribution in [0.15, 0.2) is 11.1 Å². The summed E-state index contributed by atoms with van der Waals surface area (Å²) in [6, 6.07) is -0.192. The second-order valence-electron chi connectivity index (χ2n) is 6.09. The molecule has 1 atom stereocenters. The molecule has 1 fully saturated rings. The number of rotatable bonds is 8. The molecule has 140 valence electrons. The lowest BCUT2D eigenvalue weighted by Gasteiger charge is -2.24. The number of H-pyrrole nitrogens is 1. The molecule has 0 spiro atoms. The molecule has 1 heterocycles. The van der Waals surface area contributed by atoms with Crippen LogP contribution < -0.4 is 4.72 Å². The second-order valence-corrected chi connectivity index (χ2v) is 7.77. The number of hydrogen-bond acceptors (Lipinski definition) is 6. The molecular formula is C15H23N3O6S. The van der Waals surface area contributed by atoms with Gasteiger partial charge in [-0.3, -0.25) is 9.89 Å². The molecule has 0 radical (unpaired) electrons. The lowest BCUT2D eigenvalue weighted by Crippen LogP contribution is -2.42. The Bertz CT molecular complexity index is 709. The quantitative estimate of drug-likeness (QED) is 0.583. The highest BCUT2D eigenvalue weighted by Gasteiger charge is 2.30. The number of nitrogens with one attached hydrogen (secondary N) is 2. The maximum Gasteiger partial charge on any atom is 0.358 e. The van der Waals surface area contributed by atoms with Gasteiger partial charge in [-0.2, -0.15) is 9.82 Å². The van der Waals surface area contributed by atoms with Crippen molar-refractivity contribution in [1.29, 1.82) is 0 Å². The number of aliphatic carboxylic acids is 1. The molecule has 1 aliphatic rings. The fourth-order valence-electron chi connectivity index (χ4n) is 2.96. The van der Waals surface area contributed by atoms with Gasteiger partial charge in [0.05, 0.1) is 6.61 Å². The van der Waals surface area contributed by atoms with Gasteiger partial charge in [-0.1, -0.05) is 32.1 Å². The zero-order chi connectivity index (χ0) is 18.4. The third kappa shape index (κ3) is 5.27. The molecule has 25 heavy (non-hydrogen) atoms. The van der Waals surface area contributed by atoms with Crippen LogP contribution in [0.25, 0.3) is 0 Å². The van der Waals surface area contributed by atoms with Gasteiger partial charge in [-0.05, 0) is 19.3 Å². The third-order valence-electron chi connectivity index (χ3n) is 4.22. The van der Waals surface area contributed by atoms with Crippen LogP contribution in [0.2, 0.25) is 0 Å². The first-order valence-corrected chi connectivity index (χ1v) is 9.79. The number of carboxylic acid groups (broad SMARTS) is 1. The minimum absolute atomic E-state index is 0.133. The normalized spacial score (nSPS) is 17.2. The van der Waals surface area contributed by atoms with Crippen molar-refractivity contribution in [1.82, 2.24) is 14.9 Å². The summed E-state index contributed by atoms with van der Waals surface area (Å²) in [5.41, 5.74) is -0.179. The van der Waals surface area contributed by atoms with E-state index in [4.69, 9.17) is 4.74 Å². The Balaban J connectivity index is 2.08. The average Bonchev–Trinajstić information content (AvgIpc) is 3.06. The summed E-state index contributed by atoms with van der Waals surface area (Å²) >= 11 is 0. The fraction of sp³-hybridized carbons (Fsp3) is 0.667. The molecule has 0 saturated heterocycles. The number of carbonyl (C=O) groups is 2. The van der Waals surface area contributed by atoms with Gasteiger partial charge in [-0.15, -0.1) is 0 Å². The second kappa shape index (κ2) is 8.43. The van der Waals surface area contributed by atoms with Gasteiger partial charge >= 0.3 is 11.9 Å². The van der Waals surface area contributed by atoms with Crippen LogP contribution in [-0.2, 0) is 19.6 Å². The SMILES string of the molecule is CCOC(=O)c1cc(S(=O)(=O)NC(CC2CCCCC2)C(=O)O)[nH]n1. The van der Waals surface area contributed by atoms with E-state index < -0.39 is 28.0 Å². The van der Waals surface area contributed by atoms with Gasteiger partial charge in [-0.25, -0.2) is 13.2 Å². The number of ether oxygens (including phenoxy) is 1. The first kappa shape index (κ1) is 19.4. The Labute approximate surface area is 146 Å². The summed E-state index contributed by atoms with van der Waals surface area (Å²) in [6.07, 6.45) is 5.25. The molecule has 1 aromatic heterocycles. The highest BCUT2D eigenvalue weighted by atomic mass is 32.2. The molecule has 10 heteroatoms. The molecule has 1 aliphatic carbocycles. The fourth-order valence-corrected chi connectivity index (χ4v) is 4.09. The van der Waals surface area contributed by atoms with E-state index in [-0.39, 0.29) is 29.7 Å². The van der Waals surface area contributed by atoms with Crippen LogP contribution in [0, 0.1) is 5.92 Å². The maximum atomic E-state index is 12.4. The Kier molecular flexibility index (Phi) is 6.54. The zero-order valence-corrected chi connectivity index (χ0v) is 14.8. The summed E-state index contributed by atoms with van der Waals surface area (Å²) in [4.78, 5) is 23.0. The molecule has 1 saturated carbocycles. The molecule has 3 N–H and O–H groups in total. The van der Waals surface area contributed by atoms with Gasteiger partial charge in [0.15, 0.2) is 10.7 Å². The van der Waals surface area contributed by atoms with E-state index in [0.29, 0.717) is 0 Å². The minimum atomic E-state index is -4.14. The van der Waals surface area contributed by atoms with Crippen molar-refractivity contribution in [3.63, 3.8) is 0 Å². The van der Waals surface area contributed by atoms with Crippen molar-refractivity contribution in [3.8, 4) is 0 Å². The molecule has 1 unspecified atom stereocenters. The summed E-state index contributed by atoms with van der Waals surface area (Å²) in [6.45, 7) is 1.75. The van der Waals surface area contributed by atoms with Gasteiger partial charge in [0.25, 0.3) is 10.0 Å². The largest absolute Gasteiger partial charge is 0.480 e. The first-order chi connectivity index (χ1) is 11.8. The lowest BCUT2D eigenvalue weighted by atomic mass is 9.85. The van der Waals surface area contributed by atoms with Gasteiger partial charge in [0, 0.05) is 6.07 Å². The summed E-state index contributed by atoms with van der Waals surface area (Å²) in [5, 5.41) is 14.8. The first-order valence-electron chi connectivity index (χ1n) is 8.31. The average molecular weight is 373 g/mol. The van der Waals surface area contributed by atoms with E-state index in [1.54, 1.807) is 6.92 Å². The number of aromatic amines is 1. The van der Waals surface area contributed by atoms with E-state index in [1.807, 2.05) is 0 Å². The number of carboxylic acids is 1. The van der Waals surface area contributed by atoms with Crippen LogP contribution in [0.3, 0.4) is 0 Å². The molecule has 9 nitrogen and oxygen atoms in total. The predicted octanol–water partition coefficient (Wildman–Crippen LogP) is 1.29. The Morgan fingerprint density at radius 1 is 1.40 bits per heavy atom. The highest BCUT2D eigenvalue weighted by molar-refractivity contribution is 7.89. The van der Waals surface area contributed by atoms with Crippen LogP contribution in [0.4, 0.5) is 0 Å². The smallest absolute Gasteiger partial charge is 0.358 e. The molecular weight excluding hydrogens is 350 g/mol. The number of esters is 1. The number of nitrogens with zero attached hydrogens (tertiary/aromatic N) is 1. The van der Waals surface area contributed by atoms with E-state index in [0.717, 1.165) is 38.2 Å². The molecule has 1 aromatic rings. The highest BCUT2D eigenvalue weighted by Crippen LogP contribution is 2.27. The van der Waals surface area contributed by atoms with Gasteiger partial charge < -0.3 is 9.84 Å². The Morgan fingerprint density at radius 2 is 2.08 bits per heavy atom. The van der Waals surface area contributed by atoms with Crippen molar-refractivity contribution in [2.75, 3.05) is 6.61 Å². The molecule has 2 rings (SSSR count). The summed E-state index contributed by atoms with van der Waals surface area (Å²) in [7, 11) is -4.14.